The molecule has 1 aromatic carbocycles. The smallest absolute Gasteiger partial charge is 0.261 e. The quantitative estimate of drug-likeness (QED) is 0.807. The monoisotopic (exact) mass is 276 g/mol. The van der Waals surface area contributed by atoms with Crippen LogP contribution in [0, 0.1) is 5.92 Å². The van der Waals surface area contributed by atoms with Crippen molar-refractivity contribution < 1.29 is 0 Å². The lowest BCUT2D eigenvalue weighted by atomic mass is 9.97. The second kappa shape index (κ2) is 4.34. The van der Waals surface area contributed by atoms with Crippen molar-refractivity contribution in [3.05, 3.63) is 40.4 Å². The van der Waals surface area contributed by atoms with Crippen LogP contribution >= 0.6 is 11.6 Å². The summed E-state index contributed by atoms with van der Waals surface area (Å²) in [7, 11) is 0. The molecule has 19 heavy (non-hydrogen) atoms. The molecule has 0 spiro atoms. The molecule has 0 N–H and O–H groups in total. The van der Waals surface area contributed by atoms with Crippen molar-refractivity contribution in [3.63, 3.8) is 0 Å². The summed E-state index contributed by atoms with van der Waals surface area (Å²) in [6, 6.07) is 7.47. The van der Waals surface area contributed by atoms with Gasteiger partial charge in [-0.15, -0.1) is 11.6 Å². The number of rotatable bonds is 3. The van der Waals surface area contributed by atoms with E-state index in [2.05, 4.69) is 18.8 Å². The first-order valence-corrected chi connectivity index (χ1v) is 7.16. The number of hydrogen-bond donors (Lipinski definition) is 0. The molecule has 0 aliphatic heterocycles. The van der Waals surface area contributed by atoms with Crippen LogP contribution in [0.1, 0.15) is 32.5 Å². The van der Waals surface area contributed by atoms with Crippen LogP contribution in [0.25, 0.3) is 10.9 Å². The molecule has 0 saturated heterocycles. The second-order valence-corrected chi connectivity index (χ2v) is 6.01. The lowest BCUT2D eigenvalue weighted by Gasteiger charge is -2.29. The van der Waals surface area contributed by atoms with Gasteiger partial charge in [-0.05, 0) is 44.7 Å². The lowest BCUT2D eigenvalue weighted by Crippen LogP contribution is -2.40. The van der Waals surface area contributed by atoms with Gasteiger partial charge >= 0.3 is 0 Å². The van der Waals surface area contributed by atoms with Crippen LogP contribution in [0.15, 0.2) is 29.1 Å². The maximum atomic E-state index is 12.8. The van der Waals surface area contributed by atoms with Crippen LogP contribution in [0.2, 0.25) is 0 Å². The van der Waals surface area contributed by atoms with Crippen LogP contribution in [0.5, 0.6) is 0 Å². The first-order chi connectivity index (χ1) is 9.05. The van der Waals surface area contributed by atoms with Gasteiger partial charge in [0.2, 0.25) is 0 Å². The Hall–Kier alpha value is -1.35. The molecule has 1 saturated carbocycles. The molecule has 0 atom stereocenters. The number of aromatic nitrogens is 2. The van der Waals surface area contributed by atoms with E-state index >= 15 is 0 Å². The predicted molar refractivity (Wildman–Crippen MR) is 77.6 cm³/mol. The zero-order chi connectivity index (χ0) is 13.6. The maximum Gasteiger partial charge on any atom is 0.261 e. The standard InChI is InChI=1S/C15H17ClN2O/c1-15(2,10-7-8-10)18-13(9-16)17-12-6-4-3-5-11(12)14(18)19/h3-6,10H,7-9H2,1-2H3. The highest BCUT2D eigenvalue weighted by Crippen LogP contribution is 2.43. The fourth-order valence-electron chi connectivity index (χ4n) is 2.84. The normalized spacial score (nSPS) is 15.9. The topological polar surface area (TPSA) is 34.9 Å². The Morgan fingerprint density at radius 3 is 2.68 bits per heavy atom. The first-order valence-electron chi connectivity index (χ1n) is 6.63. The maximum absolute atomic E-state index is 12.8. The second-order valence-electron chi connectivity index (χ2n) is 5.75. The van der Waals surface area contributed by atoms with Gasteiger partial charge in [0.05, 0.1) is 16.8 Å². The fraction of sp³-hybridized carbons (Fsp3) is 0.467. The predicted octanol–water partition coefficient (Wildman–Crippen LogP) is 3.28. The molecule has 1 fully saturated rings. The van der Waals surface area contributed by atoms with Gasteiger partial charge in [0, 0.05) is 5.54 Å². The average Bonchev–Trinajstić information content (AvgIpc) is 3.22. The van der Waals surface area contributed by atoms with Crippen molar-refractivity contribution in [2.45, 2.75) is 38.1 Å². The van der Waals surface area contributed by atoms with Crippen molar-refractivity contribution in [2.24, 2.45) is 5.92 Å². The summed E-state index contributed by atoms with van der Waals surface area (Å²) in [6.45, 7) is 4.22. The van der Waals surface area contributed by atoms with Crippen LogP contribution < -0.4 is 5.56 Å². The van der Waals surface area contributed by atoms with Gasteiger partial charge in [0.25, 0.3) is 5.56 Å². The molecule has 1 aliphatic carbocycles. The van der Waals surface area contributed by atoms with E-state index in [1.165, 1.54) is 12.8 Å². The van der Waals surface area contributed by atoms with Crippen molar-refractivity contribution >= 4 is 22.5 Å². The largest absolute Gasteiger partial charge is 0.289 e. The molecule has 0 bridgehead atoms. The molecule has 3 rings (SSSR count). The Morgan fingerprint density at radius 1 is 1.37 bits per heavy atom. The van der Waals surface area contributed by atoms with Gasteiger partial charge in [-0.1, -0.05) is 12.1 Å². The number of fused-ring (bicyclic) bond motifs is 1. The Bertz CT molecular complexity index is 686. The van der Waals surface area contributed by atoms with Crippen molar-refractivity contribution in [1.29, 1.82) is 0 Å². The van der Waals surface area contributed by atoms with Crippen LogP contribution in [0.3, 0.4) is 0 Å². The van der Waals surface area contributed by atoms with E-state index in [4.69, 9.17) is 11.6 Å². The molecule has 1 aromatic heterocycles. The van der Waals surface area contributed by atoms with Gasteiger partial charge in [-0.3, -0.25) is 9.36 Å². The third-order valence-corrected chi connectivity index (χ3v) is 4.36. The SMILES string of the molecule is CC(C)(C1CC1)n1c(CCl)nc2ccccc2c1=O. The Balaban J connectivity index is 2.33. The van der Waals surface area contributed by atoms with Crippen LogP contribution in [-0.4, -0.2) is 9.55 Å². The summed E-state index contributed by atoms with van der Waals surface area (Å²) in [5.41, 5.74) is 0.544. The zero-order valence-electron chi connectivity index (χ0n) is 11.2. The minimum atomic E-state index is -0.210. The molecule has 1 aliphatic rings. The van der Waals surface area contributed by atoms with Gasteiger partial charge in [-0.2, -0.15) is 0 Å². The Morgan fingerprint density at radius 2 is 2.05 bits per heavy atom. The number of nitrogens with zero attached hydrogens (tertiary/aromatic N) is 2. The summed E-state index contributed by atoms with van der Waals surface area (Å²) in [4.78, 5) is 17.3. The van der Waals surface area contributed by atoms with Gasteiger partial charge in [0.15, 0.2) is 0 Å². The molecule has 4 heteroatoms. The molecule has 1 heterocycles. The number of benzene rings is 1. The van der Waals surface area contributed by atoms with E-state index in [-0.39, 0.29) is 17.0 Å². The third-order valence-electron chi connectivity index (χ3n) is 4.12. The van der Waals surface area contributed by atoms with Crippen molar-refractivity contribution in [1.82, 2.24) is 9.55 Å². The lowest BCUT2D eigenvalue weighted by molar-refractivity contribution is 0.286. The van der Waals surface area contributed by atoms with Crippen LogP contribution in [0.4, 0.5) is 0 Å². The number of hydrogen-bond acceptors (Lipinski definition) is 2. The minimum Gasteiger partial charge on any atom is -0.289 e. The van der Waals surface area contributed by atoms with E-state index in [1.54, 1.807) is 4.57 Å². The Labute approximate surface area is 117 Å². The summed E-state index contributed by atoms with van der Waals surface area (Å²) in [5.74, 6) is 1.48. The van der Waals surface area contributed by atoms with E-state index in [0.717, 1.165) is 5.52 Å². The molecule has 0 unspecified atom stereocenters. The first kappa shape index (κ1) is 12.7. The minimum absolute atomic E-state index is 0.0261. The fourth-order valence-corrected chi connectivity index (χ4v) is 3.01. The summed E-state index contributed by atoms with van der Waals surface area (Å²) in [6.07, 6.45) is 2.35. The zero-order valence-corrected chi connectivity index (χ0v) is 11.9. The summed E-state index contributed by atoms with van der Waals surface area (Å²) < 4.78 is 1.81. The summed E-state index contributed by atoms with van der Waals surface area (Å²) in [5, 5.41) is 0.671. The number of para-hydroxylation sites is 1. The number of alkyl halides is 1. The van der Waals surface area contributed by atoms with E-state index in [9.17, 15) is 4.79 Å². The molecule has 3 nitrogen and oxygen atoms in total. The van der Waals surface area contributed by atoms with E-state index < -0.39 is 0 Å². The van der Waals surface area contributed by atoms with E-state index in [1.807, 2.05) is 24.3 Å². The highest BCUT2D eigenvalue weighted by Gasteiger charge is 2.41. The van der Waals surface area contributed by atoms with Gasteiger partial charge < -0.3 is 0 Å². The van der Waals surface area contributed by atoms with Crippen molar-refractivity contribution in [2.75, 3.05) is 0 Å². The van der Waals surface area contributed by atoms with Gasteiger partial charge in [-0.25, -0.2) is 4.98 Å². The molecule has 0 radical (unpaired) electrons. The third kappa shape index (κ3) is 1.96. The average molecular weight is 277 g/mol. The van der Waals surface area contributed by atoms with Crippen LogP contribution in [-0.2, 0) is 11.4 Å². The molecule has 100 valence electrons. The highest BCUT2D eigenvalue weighted by molar-refractivity contribution is 6.16. The molecule has 0 amide bonds. The van der Waals surface area contributed by atoms with E-state index in [0.29, 0.717) is 17.1 Å². The number of halogens is 1. The summed E-state index contributed by atoms with van der Waals surface area (Å²) >= 11 is 6.01. The molecular weight excluding hydrogens is 260 g/mol. The Kier molecular flexibility index (Phi) is 2.90. The molecular formula is C15H17ClN2O. The molecule has 2 aromatic rings. The van der Waals surface area contributed by atoms with Gasteiger partial charge in [0.1, 0.15) is 5.82 Å². The van der Waals surface area contributed by atoms with Crippen molar-refractivity contribution in [3.8, 4) is 0 Å². The highest BCUT2D eigenvalue weighted by atomic mass is 35.5.